The van der Waals surface area contributed by atoms with Crippen molar-refractivity contribution in [3.8, 4) is 5.69 Å². The number of amides is 3. The quantitative estimate of drug-likeness (QED) is 0.869. The summed E-state index contributed by atoms with van der Waals surface area (Å²) in [4.78, 5) is 25.2. The van der Waals surface area contributed by atoms with Gasteiger partial charge in [-0.2, -0.15) is 5.10 Å². The third-order valence-electron chi connectivity index (χ3n) is 3.52. The Balaban J connectivity index is 2.00. The molecule has 2 aromatic rings. The van der Waals surface area contributed by atoms with Crippen LogP contribution >= 0.6 is 11.6 Å². The normalized spacial score (nSPS) is 11.7. The van der Waals surface area contributed by atoms with Gasteiger partial charge in [0.2, 0.25) is 5.91 Å². The monoisotopic (exact) mass is 349 g/mol. The fraction of sp³-hybridized carbons (Fsp3) is 0.312. The molecule has 2 rings (SSSR count). The van der Waals surface area contributed by atoms with E-state index in [-0.39, 0.29) is 17.9 Å². The number of hydrogen-bond acceptors (Lipinski definition) is 3. The highest BCUT2D eigenvalue weighted by atomic mass is 35.5. The van der Waals surface area contributed by atoms with Crippen molar-refractivity contribution in [2.45, 2.75) is 6.92 Å². The summed E-state index contributed by atoms with van der Waals surface area (Å²) in [5.74, 6) is -0.405. The van der Waals surface area contributed by atoms with E-state index < -0.39 is 0 Å². The molecule has 7 nitrogen and oxygen atoms in total. The number of rotatable bonds is 5. The molecule has 0 spiro atoms. The molecule has 1 aromatic carbocycles. The summed E-state index contributed by atoms with van der Waals surface area (Å²) in [6.07, 6.45) is 3.21. The number of benzene rings is 1. The van der Waals surface area contributed by atoms with Gasteiger partial charge >= 0.3 is 6.03 Å². The summed E-state index contributed by atoms with van der Waals surface area (Å²) in [5.41, 5.74) is 1.26. The smallest absolute Gasteiger partial charge is 0.321 e. The van der Waals surface area contributed by atoms with Gasteiger partial charge in [-0.25, -0.2) is 9.48 Å². The second kappa shape index (κ2) is 7.83. The fourth-order valence-electron chi connectivity index (χ4n) is 2.20. The average molecular weight is 350 g/mol. The van der Waals surface area contributed by atoms with Gasteiger partial charge in [-0.15, -0.1) is 0 Å². The molecule has 128 valence electrons. The Bertz CT molecular complexity index is 731. The zero-order valence-corrected chi connectivity index (χ0v) is 14.5. The first-order valence-electron chi connectivity index (χ1n) is 7.45. The van der Waals surface area contributed by atoms with Crippen molar-refractivity contribution in [3.05, 3.63) is 41.7 Å². The van der Waals surface area contributed by atoms with E-state index in [1.165, 1.54) is 11.1 Å². The van der Waals surface area contributed by atoms with Crippen LogP contribution in [0.4, 0.5) is 10.5 Å². The van der Waals surface area contributed by atoms with Crippen molar-refractivity contribution in [2.75, 3.05) is 26.0 Å². The fourth-order valence-corrected chi connectivity index (χ4v) is 2.42. The second-order valence-electron chi connectivity index (χ2n) is 5.45. The number of carbonyl (C=O) groups is 2. The lowest BCUT2D eigenvalue weighted by atomic mass is 10.1. The van der Waals surface area contributed by atoms with Gasteiger partial charge < -0.3 is 15.5 Å². The minimum atomic E-state index is -0.315. The van der Waals surface area contributed by atoms with Gasteiger partial charge in [0.05, 0.1) is 34.7 Å². The number of anilines is 1. The number of nitrogens with zero attached hydrogens (tertiary/aromatic N) is 3. The lowest BCUT2D eigenvalue weighted by Crippen LogP contribution is -2.39. The maximum atomic E-state index is 12.2. The third kappa shape index (κ3) is 4.26. The topological polar surface area (TPSA) is 79.3 Å². The Labute approximate surface area is 145 Å². The van der Waals surface area contributed by atoms with Gasteiger partial charge in [-0.3, -0.25) is 4.79 Å². The number of aromatic nitrogens is 2. The molecule has 0 aliphatic rings. The molecule has 0 fully saturated rings. The highest BCUT2D eigenvalue weighted by Gasteiger charge is 2.17. The van der Waals surface area contributed by atoms with Gasteiger partial charge in [-0.1, -0.05) is 30.7 Å². The molecule has 2 N–H and O–H groups in total. The van der Waals surface area contributed by atoms with Gasteiger partial charge in [0.1, 0.15) is 0 Å². The van der Waals surface area contributed by atoms with Crippen molar-refractivity contribution in [2.24, 2.45) is 5.92 Å². The minimum Gasteiger partial charge on any atom is -0.359 e. The molecule has 1 unspecified atom stereocenters. The number of hydrogen-bond donors (Lipinski definition) is 2. The van der Waals surface area contributed by atoms with E-state index in [1.807, 2.05) is 18.2 Å². The first-order valence-corrected chi connectivity index (χ1v) is 7.83. The molecule has 8 heteroatoms. The maximum absolute atomic E-state index is 12.2. The standard InChI is InChI=1S/C16H20ClN5O2/c1-11(15(23)18-2)9-21(3)16(24)20-12-8-19-22(10-12)14-7-5-4-6-13(14)17/h4-8,10-11H,9H2,1-3H3,(H,18,23)(H,20,24). The number of nitrogens with one attached hydrogen (secondary N) is 2. The van der Waals surface area contributed by atoms with E-state index in [4.69, 9.17) is 11.6 Å². The lowest BCUT2D eigenvalue weighted by molar-refractivity contribution is -0.124. The van der Waals surface area contributed by atoms with Crippen molar-refractivity contribution in [3.63, 3.8) is 0 Å². The van der Waals surface area contributed by atoms with Crippen LogP contribution in [0.5, 0.6) is 0 Å². The van der Waals surface area contributed by atoms with Crippen LogP contribution in [0.2, 0.25) is 5.02 Å². The molecule has 3 amide bonds. The Morgan fingerprint density at radius 3 is 2.75 bits per heavy atom. The van der Waals surface area contributed by atoms with Gasteiger partial charge in [0.15, 0.2) is 0 Å². The number of urea groups is 1. The summed E-state index contributed by atoms with van der Waals surface area (Å²) in [5, 5.41) is 10.1. The lowest BCUT2D eigenvalue weighted by Gasteiger charge is -2.20. The second-order valence-corrected chi connectivity index (χ2v) is 5.86. The van der Waals surface area contributed by atoms with Crippen LogP contribution in [0.15, 0.2) is 36.7 Å². The van der Waals surface area contributed by atoms with E-state index in [9.17, 15) is 9.59 Å². The van der Waals surface area contributed by atoms with Gasteiger partial charge in [0, 0.05) is 20.6 Å². The number of para-hydroxylation sites is 1. The van der Waals surface area contributed by atoms with Crippen LogP contribution < -0.4 is 10.6 Å². The first kappa shape index (κ1) is 17.8. The average Bonchev–Trinajstić information content (AvgIpc) is 3.02. The zero-order chi connectivity index (χ0) is 17.7. The van der Waals surface area contributed by atoms with Gasteiger partial charge in [-0.05, 0) is 12.1 Å². The van der Waals surface area contributed by atoms with Crippen molar-refractivity contribution < 1.29 is 9.59 Å². The summed E-state index contributed by atoms with van der Waals surface area (Å²) >= 11 is 6.13. The van der Waals surface area contributed by atoms with E-state index in [0.29, 0.717) is 17.3 Å². The predicted molar refractivity (Wildman–Crippen MR) is 93.5 cm³/mol. The van der Waals surface area contributed by atoms with E-state index in [2.05, 4.69) is 15.7 Å². The predicted octanol–water partition coefficient (Wildman–Crippen LogP) is 2.37. The molecular formula is C16H20ClN5O2. The Morgan fingerprint density at radius 1 is 1.38 bits per heavy atom. The molecule has 0 bridgehead atoms. The third-order valence-corrected chi connectivity index (χ3v) is 3.84. The van der Waals surface area contributed by atoms with Crippen LogP contribution in [0, 0.1) is 5.92 Å². The van der Waals surface area contributed by atoms with Crippen molar-refractivity contribution in [1.29, 1.82) is 0 Å². The van der Waals surface area contributed by atoms with Crippen LogP contribution in [0.25, 0.3) is 5.69 Å². The molecule has 0 saturated heterocycles. The Morgan fingerprint density at radius 2 is 2.08 bits per heavy atom. The summed E-state index contributed by atoms with van der Waals surface area (Å²) in [7, 11) is 3.20. The SMILES string of the molecule is CNC(=O)C(C)CN(C)C(=O)Nc1cnn(-c2ccccc2Cl)c1. The van der Waals surface area contributed by atoms with Crippen LogP contribution in [-0.4, -0.2) is 47.3 Å². The zero-order valence-electron chi connectivity index (χ0n) is 13.8. The van der Waals surface area contributed by atoms with Crippen molar-refractivity contribution >= 4 is 29.2 Å². The van der Waals surface area contributed by atoms with Crippen LogP contribution in [0.3, 0.4) is 0 Å². The van der Waals surface area contributed by atoms with E-state index in [0.717, 1.165) is 5.69 Å². The first-order chi connectivity index (χ1) is 11.4. The van der Waals surface area contributed by atoms with Gasteiger partial charge in [0.25, 0.3) is 0 Å². The van der Waals surface area contributed by atoms with E-state index >= 15 is 0 Å². The molecule has 0 saturated carbocycles. The Kier molecular flexibility index (Phi) is 5.81. The van der Waals surface area contributed by atoms with Crippen LogP contribution in [-0.2, 0) is 4.79 Å². The maximum Gasteiger partial charge on any atom is 0.321 e. The molecule has 0 aliphatic heterocycles. The molecule has 0 aliphatic carbocycles. The van der Waals surface area contributed by atoms with E-state index in [1.54, 1.807) is 38.0 Å². The molecular weight excluding hydrogens is 330 g/mol. The highest BCUT2D eigenvalue weighted by Crippen LogP contribution is 2.20. The molecule has 1 heterocycles. The summed E-state index contributed by atoms with van der Waals surface area (Å²) < 4.78 is 1.59. The largest absolute Gasteiger partial charge is 0.359 e. The molecule has 1 aromatic heterocycles. The van der Waals surface area contributed by atoms with Crippen LogP contribution in [0.1, 0.15) is 6.92 Å². The number of halogens is 1. The van der Waals surface area contributed by atoms with Crippen molar-refractivity contribution in [1.82, 2.24) is 20.0 Å². The molecule has 24 heavy (non-hydrogen) atoms. The molecule has 1 atom stereocenters. The molecule has 0 radical (unpaired) electrons. The summed E-state index contributed by atoms with van der Waals surface area (Å²) in [6.45, 7) is 2.07. The summed E-state index contributed by atoms with van der Waals surface area (Å²) in [6, 6.07) is 6.97. The Hall–Kier alpha value is -2.54. The highest BCUT2D eigenvalue weighted by molar-refractivity contribution is 6.32. The minimum absolute atomic E-state index is 0.110. The number of carbonyl (C=O) groups excluding carboxylic acids is 2.